The van der Waals surface area contributed by atoms with Gasteiger partial charge < -0.3 is 20.3 Å². The van der Waals surface area contributed by atoms with E-state index in [2.05, 4.69) is 15.6 Å². The van der Waals surface area contributed by atoms with Crippen LogP contribution in [0.15, 0.2) is 4.99 Å². The van der Waals surface area contributed by atoms with Crippen molar-refractivity contribution >= 4 is 35.8 Å². The lowest BCUT2D eigenvalue weighted by Crippen LogP contribution is -2.51. The van der Waals surface area contributed by atoms with Crippen molar-refractivity contribution in [3.05, 3.63) is 0 Å². The number of likely N-dealkylation sites (N-methyl/N-ethyl adjacent to an activating group) is 1. The first kappa shape index (κ1) is 19.5. The Kier molecular flexibility index (Phi) is 7.88. The molecule has 22 heavy (non-hydrogen) atoms. The summed E-state index contributed by atoms with van der Waals surface area (Å²) in [6.07, 6.45) is 6.93. The van der Waals surface area contributed by atoms with E-state index in [1.165, 1.54) is 25.7 Å². The molecule has 0 aromatic heterocycles. The monoisotopic (exact) mass is 424 g/mol. The topological polar surface area (TPSA) is 66.0 Å². The van der Waals surface area contributed by atoms with E-state index in [0.717, 1.165) is 19.4 Å². The van der Waals surface area contributed by atoms with Crippen molar-refractivity contribution in [2.24, 2.45) is 4.99 Å². The van der Waals surface area contributed by atoms with Gasteiger partial charge in [-0.3, -0.25) is 9.79 Å². The summed E-state index contributed by atoms with van der Waals surface area (Å²) in [6.45, 7) is 1.08. The van der Waals surface area contributed by atoms with E-state index >= 15 is 0 Å². The Morgan fingerprint density at radius 2 is 2.05 bits per heavy atom. The number of nitrogens with zero attached hydrogens (tertiary/aromatic N) is 2. The summed E-state index contributed by atoms with van der Waals surface area (Å²) in [5.74, 6) is 0.738. The van der Waals surface area contributed by atoms with Crippen molar-refractivity contribution in [3.63, 3.8) is 0 Å². The maximum Gasteiger partial charge on any atom is 0.241 e. The van der Waals surface area contributed by atoms with Gasteiger partial charge in [0.25, 0.3) is 0 Å². The molecule has 2 N–H and O–H groups in total. The first-order valence-corrected chi connectivity index (χ1v) is 7.86. The number of hydrogen-bond donors (Lipinski definition) is 2. The first-order chi connectivity index (χ1) is 10.0. The average Bonchev–Trinajstić information content (AvgIpc) is 2.90. The number of carbonyl (C=O) groups is 1. The van der Waals surface area contributed by atoms with Crippen LogP contribution >= 0.6 is 24.0 Å². The molecule has 128 valence electrons. The summed E-state index contributed by atoms with van der Waals surface area (Å²) in [6, 6.07) is 0.373. The van der Waals surface area contributed by atoms with Crippen LogP contribution < -0.4 is 10.6 Å². The second-order valence-electron chi connectivity index (χ2n) is 6.29. The Hall–Kier alpha value is -0.570. The van der Waals surface area contributed by atoms with Crippen LogP contribution in [0, 0.1) is 0 Å². The van der Waals surface area contributed by atoms with E-state index in [1.807, 2.05) is 0 Å². The molecule has 1 spiro atoms. The minimum absolute atomic E-state index is 0. The van der Waals surface area contributed by atoms with Crippen molar-refractivity contribution in [1.82, 2.24) is 15.5 Å². The Morgan fingerprint density at radius 1 is 1.36 bits per heavy atom. The van der Waals surface area contributed by atoms with Gasteiger partial charge in [0.05, 0.1) is 12.1 Å². The number of ether oxygens (including phenoxy) is 1. The van der Waals surface area contributed by atoms with Crippen LogP contribution in [-0.4, -0.2) is 62.7 Å². The SMILES string of the molecule is CN=C(NCC(=O)N(C)C)NC1CCOC2(CCCC2)C1.I. The molecule has 0 aromatic rings. The van der Waals surface area contributed by atoms with Gasteiger partial charge in [0, 0.05) is 33.8 Å². The molecule has 0 bridgehead atoms. The molecular formula is C15H29IN4O2. The molecule has 6 nitrogen and oxygen atoms in total. The van der Waals surface area contributed by atoms with Crippen LogP contribution in [0.4, 0.5) is 0 Å². The zero-order valence-corrected chi connectivity index (χ0v) is 16.2. The standard InChI is InChI=1S/C15H28N4O2.HI/c1-16-14(17-11-13(20)19(2)3)18-12-6-9-21-15(10-12)7-4-5-8-15;/h12H,4-11H2,1-3H3,(H2,16,17,18);1H. The predicted octanol–water partition coefficient (Wildman–Crippen LogP) is 1.35. The second kappa shape index (κ2) is 8.90. The molecule has 2 aliphatic rings. The number of rotatable bonds is 3. The molecule has 1 atom stereocenters. The van der Waals surface area contributed by atoms with Crippen LogP contribution in [0.1, 0.15) is 38.5 Å². The molecule has 1 aliphatic carbocycles. The highest BCUT2D eigenvalue weighted by Gasteiger charge is 2.40. The average molecular weight is 424 g/mol. The molecule has 2 fully saturated rings. The van der Waals surface area contributed by atoms with Crippen LogP contribution in [0.25, 0.3) is 0 Å². The largest absolute Gasteiger partial charge is 0.375 e. The Morgan fingerprint density at radius 3 is 2.64 bits per heavy atom. The quantitative estimate of drug-likeness (QED) is 0.408. The number of carbonyl (C=O) groups excluding carboxylic acids is 1. The Bertz CT molecular complexity index is 395. The molecule has 1 saturated heterocycles. The van der Waals surface area contributed by atoms with Gasteiger partial charge in [0.2, 0.25) is 5.91 Å². The number of aliphatic imine (C=N–C) groups is 1. The molecule has 1 aliphatic heterocycles. The summed E-state index contributed by atoms with van der Waals surface area (Å²) in [5, 5.41) is 6.52. The smallest absolute Gasteiger partial charge is 0.241 e. The van der Waals surface area contributed by atoms with Crippen molar-refractivity contribution in [1.29, 1.82) is 0 Å². The fourth-order valence-corrected chi connectivity index (χ4v) is 3.22. The van der Waals surface area contributed by atoms with Gasteiger partial charge in [0.1, 0.15) is 0 Å². The second-order valence-corrected chi connectivity index (χ2v) is 6.29. The normalized spacial score (nSPS) is 23.8. The minimum Gasteiger partial charge on any atom is -0.375 e. The number of halogens is 1. The highest BCUT2D eigenvalue weighted by atomic mass is 127. The molecular weight excluding hydrogens is 395 g/mol. The third-order valence-corrected chi connectivity index (χ3v) is 4.48. The van der Waals surface area contributed by atoms with Gasteiger partial charge in [-0.2, -0.15) is 0 Å². The number of hydrogen-bond acceptors (Lipinski definition) is 3. The molecule has 1 heterocycles. The maximum atomic E-state index is 11.6. The van der Waals surface area contributed by atoms with E-state index in [0.29, 0.717) is 12.0 Å². The van der Waals surface area contributed by atoms with Gasteiger partial charge >= 0.3 is 0 Å². The summed E-state index contributed by atoms with van der Waals surface area (Å²) in [4.78, 5) is 17.4. The number of amides is 1. The fraction of sp³-hybridized carbons (Fsp3) is 0.867. The Balaban J connectivity index is 0.00000242. The molecule has 0 radical (unpaired) electrons. The van der Waals surface area contributed by atoms with Gasteiger partial charge in [0.15, 0.2) is 5.96 Å². The fourth-order valence-electron chi connectivity index (χ4n) is 3.22. The minimum atomic E-state index is 0. The third-order valence-electron chi connectivity index (χ3n) is 4.48. The molecule has 1 saturated carbocycles. The number of guanidine groups is 1. The predicted molar refractivity (Wildman–Crippen MR) is 98.8 cm³/mol. The van der Waals surface area contributed by atoms with Crippen LogP contribution in [0.5, 0.6) is 0 Å². The van der Waals surface area contributed by atoms with Gasteiger partial charge in [-0.05, 0) is 25.7 Å². The van der Waals surface area contributed by atoms with Crippen molar-refractivity contribution in [2.45, 2.75) is 50.2 Å². The van der Waals surface area contributed by atoms with E-state index in [-0.39, 0.29) is 42.0 Å². The van der Waals surface area contributed by atoms with E-state index in [9.17, 15) is 4.79 Å². The van der Waals surface area contributed by atoms with Crippen molar-refractivity contribution in [2.75, 3.05) is 34.3 Å². The molecule has 1 amide bonds. The highest BCUT2D eigenvalue weighted by Crippen LogP contribution is 2.39. The zero-order valence-electron chi connectivity index (χ0n) is 13.9. The lowest BCUT2D eigenvalue weighted by molar-refractivity contribution is -0.127. The maximum absolute atomic E-state index is 11.6. The molecule has 1 unspecified atom stereocenters. The van der Waals surface area contributed by atoms with E-state index < -0.39 is 0 Å². The first-order valence-electron chi connectivity index (χ1n) is 7.86. The van der Waals surface area contributed by atoms with E-state index in [4.69, 9.17) is 4.74 Å². The summed E-state index contributed by atoms with van der Waals surface area (Å²) in [5.41, 5.74) is 0.0915. The molecule has 0 aromatic carbocycles. The van der Waals surface area contributed by atoms with Gasteiger partial charge in [-0.15, -0.1) is 24.0 Å². The lowest BCUT2D eigenvalue weighted by Gasteiger charge is -2.39. The Labute approximate surface area is 150 Å². The highest BCUT2D eigenvalue weighted by molar-refractivity contribution is 14.0. The zero-order chi connectivity index (χ0) is 15.3. The summed E-state index contributed by atoms with van der Waals surface area (Å²) >= 11 is 0. The van der Waals surface area contributed by atoms with Crippen molar-refractivity contribution in [3.8, 4) is 0 Å². The summed E-state index contributed by atoms with van der Waals surface area (Å²) < 4.78 is 6.04. The van der Waals surface area contributed by atoms with Crippen LogP contribution in [0.2, 0.25) is 0 Å². The van der Waals surface area contributed by atoms with Crippen LogP contribution in [0.3, 0.4) is 0 Å². The van der Waals surface area contributed by atoms with Crippen LogP contribution in [-0.2, 0) is 9.53 Å². The lowest BCUT2D eigenvalue weighted by atomic mass is 9.89. The van der Waals surface area contributed by atoms with Crippen molar-refractivity contribution < 1.29 is 9.53 Å². The summed E-state index contributed by atoms with van der Waals surface area (Å²) in [7, 11) is 5.24. The third kappa shape index (κ3) is 5.26. The number of nitrogens with one attached hydrogen (secondary N) is 2. The van der Waals surface area contributed by atoms with Gasteiger partial charge in [-0.25, -0.2) is 0 Å². The van der Waals surface area contributed by atoms with Gasteiger partial charge in [-0.1, -0.05) is 12.8 Å². The van der Waals surface area contributed by atoms with E-state index in [1.54, 1.807) is 26.0 Å². The molecule has 7 heteroatoms. The molecule has 2 rings (SSSR count).